The van der Waals surface area contributed by atoms with Crippen molar-refractivity contribution in [2.75, 3.05) is 5.32 Å². The topological polar surface area (TPSA) is 92.3 Å². The van der Waals surface area contributed by atoms with E-state index in [9.17, 15) is 22.4 Å². The van der Waals surface area contributed by atoms with E-state index < -0.39 is 27.7 Å². The van der Waals surface area contributed by atoms with Crippen LogP contribution in [0.3, 0.4) is 0 Å². The maximum absolute atomic E-state index is 13.7. The molecule has 0 saturated carbocycles. The molecule has 144 valence electrons. The van der Waals surface area contributed by atoms with Crippen LogP contribution in [0.2, 0.25) is 0 Å². The Morgan fingerprint density at radius 1 is 0.963 bits per heavy atom. The van der Waals surface area contributed by atoms with Crippen molar-refractivity contribution in [3.05, 3.63) is 57.9 Å². The number of anilines is 1. The standard InChI is InChI=1S/C19H21FN2O4S/c1-10-8-11(2)13(4)18(12(10)3)27(25,26)22-19(24)15-6-7-16(20)17(9-15)21-14(5)23/h6-9H,1-5H3,(H,21,23)(H,22,24). The first kappa shape index (κ1) is 20.6. The molecule has 0 saturated heterocycles. The minimum Gasteiger partial charge on any atom is -0.324 e. The lowest BCUT2D eigenvalue weighted by Crippen LogP contribution is -2.32. The third-order valence-corrected chi connectivity index (χ3v) is 5.94. The zero-order valence-corrected chi connectivity index (χ0v) is 16.5. The normalized spacial score (nSPS) is 11.2. The smallest absolute Gasteiger partial charge is 0.265 e. The van der Waals surface area contributed by atoms with Crippen LogP contribution in [0.4, 0.5) is 10.1 Å². The van der Waals surface area contributed by atoms with Crippen LogP contribution in [0.5, 0.6) is 0 Å². The van der Waals surface area contributed by atoms with Gasteiger partial charge < -0.3 is 5.32 Å². The monoisotopic (exact) mass is 392 g/mol. The van der Waals surface area contributed by atoms with Crippen LogP contribution in [0.25, 0.3) is 0 Å². The number of aryl methyl sites for hydroxylation is 2. The van der Waals surface area contributed by atoms with Crippen molar-refractivity contribution >= 4 is 27.5 Å². The molecule has 0 fully saturated rings. The van der Waals surface area contributed by atoms with E-state index in [1.54, 1.807) is 27.7 Å². The second-order valence-electron chi connectivity index (χ2n) is 6.40. The molecule has 2 amide bonds. The number of rotatable bonds is 4. The summed E-state index contributed by atoms with van der Waals surface area (Å²) in [6.45, 7) is 8.13. The number of carbonyl (C=O) groups is 2. The molecule has 2 aromatic rings. The summed E-state index contributed by atoms with van der Waals surface area (Å²) >= 11 is 0. The predicted octanol–water partition coefficient (Wildman–Crippen LogP) is 3.14. The van der Waals surface area contributed by atoms with Crippen molar-refractivity contribution in [3.63, 3.8) is 0 Å². The van der Waals surface area contributed by atoms with Crippen LogP contribution >= 0.6 is 0 Å². The molecule has 2 N–H and O–H groups in total. The predicted molar refractivity (Wildman–Crippen MR) is 101 cm³/mol. The van der Waals surface area contributed by atoms with E-state index in [-0.39, 0.29) is 16.1 Å². The summed E-state index contributed by atoms with van der Waals surface area (Å²) in [7, 11) is -4.14. The summed E-state index contributed by atoms with van der Waals surface area (Å²) in [5.74, 6) is -2.16. The molecule has 0 radical (unpaired) electrons. The molecule has 0 unspecified atom stereocenters. The van der Waals surface area contributed by atoms with Gasteiger partial charge in [0.1, 0.15) is 5.82 Å². The number of sulfonamides is 1. The van der Waals surface area contributed by atoms with Gasteiger partial charge in [-0.3, -0.25) is 9.59 Å². The van der Waals surface area contributed by atoms with Gasteiger partial charge in [0.2, 0.25) is 5.91 Å². The van der Waals surface area contributed by atoms with E-state index in [2.05, 4.69) is 5.32 Å². The van der Waals surface area contributed by atoms with E-state index in [4.69, 9.17) is 0 Å². The highest BCUT2D eigenvalue weighted by Gasteiger charge is 2.25. The first-order valence-electron chi connectivity index (χ1n) is 8.15. The van der Waals surface area contributed by atoms with Crippen molar-refractivity contribution in [3.8, 4) is 0 Å². The maximum Gasteiger partial charge on any atom is 0.265 e. The second kappa shape index (κ2) is 7.48. The Bertz CT molecular complexity index is 1020. The van der Waals surface area contributed by atoms with Gasteiger partial charge in [-0.2, -0.15) is 0 Å². The average Bonchev–Trinajstić information content (AvgIpc) is 2.54. The molecule has 2 rings (SSSR count). The average molecular weight is 392 g/mol. The van der Waals surface area contributed by atoms with Crippen LogP contribution in [0, 0.1) is 33.5 Å². The molecule has 8 heteroatoms. The Morgan fingerprint density at radius 3 is 2.04 bits per heavy atom. The summed E-state index contributed by atoms with van der Waals surface area (Å²) in [5, 5.41) is 2.25. The molecule has 0 aromatic heterocycles. The van der Waals surface area contributed by atoms with E-state index in [0.717, 1.165) is 29.3 Å². The van der Waals surface area contributed by atoms with E-state index in [1.165, 1.54) is 6.92 Å². The van der Waals surface area contributed by atoms with Crippen molar-refractivity contribution in [2.24, 2.45) is 0 Å². The highest BCUT2D eigenvalue weighted by atomic mass is 32.2. The first-order chi connectivity index (χ1) is 12.4. The number of carbonyl (C=O) groups excluding carboxylic acids is 2. The van der Waals surface area contributed by atoms with Gasteiger partial charge in [-0.25, -0.2) is 17.5 Å². The van der Waals surface area contributed by atoms with Crippen molar-refractivity contribution in [2.45, 2.75) is 39.5 Å². The first-order valence-corrected chi connectivity index (χ1v) is 9.64. The Balaban J connectivity index is 2.43. The number of hydrogen-bond donors (Lipinski definition) is 2. The van der Waals surface area contributed by atoms with E-state index >= 15 is 0 Å². The van der Waals surface area contributed by atoms with E-state index in [0.29, 0.717) is 11.1 Å². The van der Waals surface area contributed by atoms with E-state index in [1.807, 2.05) is 10.8 Å². The molecular weight excluding hydrogens is 371 g/mol. The largest absolute Gasteiger partial charge is 0.324 e. The third-order valence-electron chi connectivity index (χ3n) is 4.33. The van der Waals surface area contributed by atoms with Crippen molar-refractivity contribution in [1.82, 2.24) is 4.72 Å². The lowest BCUT2D eigenvalue weighted by Gasteiger charge is -2.16. The number of benzene rings is 2. The Kier molecular flexibility index (Phi) is 5.70. The van der Waals surface area contributed by atoms with Crippen LogP contribution in [-0.2, 0) is 14.8 Å². The molecule has 0 bridgehead atoms. The number of nitrogens with one attached hydrogen (secondary N) is 2. The Hall–Kier alpha value is -2.74. The van der Waals surface area contributed by atoms with Gasteiger partial charge in [-0.1, -0.05) is 6.07 Å². The summed E-state index contributed by atoms with van der Waals surface area (Å²) < 4.78 is 41.4. The van der Waals surface area contributed by atoms with Gasteiger partial charge in [-0.15, -0.1) is 0 Å². The van der Waals surface area contributed by atoms with Gasteiger partial charge in [-0.05, 0) is 68.1 Å². The fourth-order valence-corrected chi connectivity index (χ4v) is 4.36. The molecule has 0 aliphatic carbocycles. The van der Waals surface area contributed by atoms with Gasteiger partial charge in [0.15, 0.2) is 0 Å². The maximum atomic E-state index is 13.7. The third kappa shape index (κ3) is 4.33. The lowest BCUT2D eigenvalue weighted by atomic mass is 10.0. The van der Waals surface area contributed by atoms with Gasteiger partial charge in [0.05, 0.1) is 10.6 Å². The van der Waals surface area contributed by atoms with Crippen molar-refractivity contribution in [1.29, 1.82) is 0 Å². The quantitative estimate of drug-likeness (QED) is 0.836. The van der Waals surface area contributed by atoms with Gasteiger partial charge >= 0.3 is 0 Å². The zero-order valence-electron chi connectivity index (χ0n) is 15.7. The fourth-order valence-electron chi connectivity index (χ4n) is 2.77. The van der Waals surface area contributed by atoms with Gasteiger partial charge in [0, 0.05) is 12.5 Å². The lowest BCUT2D eigenvalue weighted by molar-refractivity contribution is -0.114. The SMILES string of the molecule is CC(=O)Nc1cc(C(=O)NS(=O)(=O)c2c(C)c(C)cc(C)c2C)ccc1F. The highest BCUT2D eigenvalue weighted by molar-refractivity contribution is 7.90. The fraction of sp³-hybridized carbons (Fsp3) is 0.263. The van der Waals surface area contributed by atoms with Crippen LogP contribution in [0.15, 0.2) is 29.2 Å². The minimum atomic E-state index is -4.14. The molecule has 0 aliphatic heterocycles. The van der Waals surface area contributed by atoms with Crippen LogP contribution in [-0.4, -0.2) is 20.2 Å². The summed E-state index contributed by atoms with van der Waals surface area (Å²) in [5.41, 5.74) is 2.39. The van der Waals surface area contributed by atoms with Gasteiger partial charge in [0.25, 0.3) is 15.9 Å². The second-order valence-corrected chi connectivity index (χ2v) is 8.02. The molecule has 2 aromatic carbocycles. The molecule has 6 nitrogen and oxygen atoms in total. The zero-order chi connectivity index (χ0) is 20.5. The number of amides is 2. The number of halogens is 1. The molecule has 0 atom stereocenters. The molecule has 27 heavy (non-hydrogen) atoms. The van der Waals surface area contributed by atoms with Crippen LogP contribution < -0.4 is 10.0 Å². The van der Waals surface area contributed by atoms with Crippen LogP contribution in [0.1, 0.15) is 39.5 Å². The molecule has 0 spiro atoms. The highest BCUT2D eigenvalue weighted by Crippen LogP contribution is 2.26. The van der Waals surface area contributed by atoms with Crippen molar-refractivity contribution < 1.29 is 22.4 Å². The molecule has 0 aliphatic rings. The Morgan fingerprint density at radius 2 is 1.52 bits per heavy atom. The Labute approximate surface area is 157 Å². The summed E-state index contributed by atoms with van der Waals surface area (Å²) in [6.07, 6.45) is 0. The summed E-state index contributed by atoms with van der Waals surface area (Å²) in [4.78, 5) is 23.6. The molecule has 0 heterocycles. The number of hydrogen-bond acceptors (Lipinski definition) is 4. The minimum absolute atomic E-state index is 0.0533. The molecular formula is C19H21FN2O4S. The summed E-state index contributed by atoms with van der Waals surface area (Å²) in [6, 6.07) is 5.10.